The fourth-order valence-corrected chi connectivity index (χ4v) is 4.93. The second-order valence-electron chi connectivity index (χ2n) is 8.99. The summed E-state index contributed by atoms with van der Waals surface area (Å²) in [6.45, 7) is 3.55. The van der Waals surface area contributed by atoms with Gasteiger partial charge in [-0.2, -0.15) is 0 Å². The molecule has 0 radical (unpaired) electrons. The Kier molecular flexibility index (Phi) is 6.25. The van der Waals surface area contributed by atoms with E-state index in [0.29, 0.717) is 18.9 Å². The maximum absolute atomic E-state index is 12.2. The van der Waals surface area contributed by atoms with Gasteiger partial charge in [-0.15, -0.1) is 0 Å². The number of allylic oxidation sites excluding steroid dienone is 2. The number of nitrogens with zero attached hydrogens (tertiary/aromatic N) is 4. The van der Waals surface area contributed by atoms with E-state index in [1.807, 2.05) is 11.0 Å². The van der Waals surface area contributed by atoms with Crippen molar-refractivity contribution in [2.45, 2.75) is 38.6 Å². The van der Waals surface area contributed by atoms with E-state index < -0.39 is 0 Å². The Balaban J connectivity index is 1.46. The van der Waals surface area contributed by atoms with Crippen molar-refractivity contribution in [1.82, 2.24) is 20.2 Å². The van der Waals surface area contributed by atoms with Crippen LogP contribution in [0.2, 0.25) is 0 Å². The molecule has 3 heterocycles. The summed E-state index contributed by atoms with van der Waals surface area (Å²) in [5.41, 5.74) is 6.25. The third-order valence-corrected chi connectivity index (χ3v) is 6.76. The number of fused-ring (bicyclic) bond motifs is 1. The summed E-state index contributed by atoms with van der Waals surface area (Å²) in [5.74, 6) is 0.540. The molecule has 1 aromatic heterocycles. The van der Waals surface area contributed by atoms with Crippen LogP contribution in [0, 0.1) is 5.41 Å². The van der Waals surface area contributed by atoms with Crippen molar-refractivity contribution in [3.63, 3.8) is 0 Å². The molecule has 174 valence electrons. The SMILES string of the molecule is CC(=O)N1CCC(NC2C=CC=CC2)=C(C(=N)N2CCCc3cc(-c4ccncn4)ccc32)C1. The Morgan fingerprint density at radius 3 is 2.85 bits per heavy atom. The monoisotopic (exact) mass is 454 g/mol. The second-order valence-corrected chi connectivity index (χ2v) is 8.99. The molecular formula is C27H30N6O. The molecule has 2 N–H and O–H groups in total. The number of benzene rings is 1. The fraction of sp³-hybridized carbons (Fsp3) is 0.333. The number of carbonyl (C=O) groups is 1. The van der Waals surface area contributed by atoms with Gasteiger partial charge < -0.3 is 15.1 Å². The van der Waals surface area contributed by atoms with Gasteiger partial charge in [-0.25, -0.2) is 9.97 Å². The van der Waals surface area contributed by atoms with Gasteiger partial charge in [-0.3, -0.25) is 10.2 Å². The molecule has 1 aromatic carbocycles. The van der Waals surface area contributed by atoms with Gasteiger partial charge in [0.05, 0.1) is 12.2 Å². The van der Waals surface area contributed by atoms with Crippen LogP contribution in [0.4, 0.5) is 5.69 Å². The van der Waals surface area contributed by atoms with Crippen LogP contribution in [0.25, 0.3) is 11.3 Å². The molecule has 1 amide bonds. The highest BCUT2D eigenvalue weighted by Crippen LogP contribution is 2.33. The molecular weight excluding hydrogens is 424 g/mol. The van der Waals surface area contributed by atoms with Crippen molar-refractivity contribution in [3.05, 3.63) is 77.9 Å². The molecule has 1 unspecified atom stereocenters. The highest BCUT2D eigenvalue weighted by atomic mass is 16.2. The number of hydrogen-bond acceptors (Lipinski definition) is 5. The maximum Gasteiger partial charge on any atom is 0.219 e. The van der Waals surface area contributed by atoms with Crippen LogP contribution >= 0.6 is 0 Å². The summed E-state index contributed by atoms with van der Waals surface area (Å²) in [7, 11) is 0. The molecule has 0 bridgehead atoms. The Bertz CT molecular complexity index is 1180. The first-order valence-electron chi connectivity index (χ1n) is 11.9. The first-order chi connectivity index (χ1) is 16.6. The predicted molar refractivity (Wildman–Crippen MR) is 135 cm³/mol. The lowest BCUT2D eigenvalue weighted by molar-refractivity contribution is -0.128. The first-order valence-corrected chi connectivity index (χ1v) is 11.9. The van der Waals surface area contributed by atoms with Gasteiger partial charge in [-0.1, -0.05) is 30.4 Å². The Hall–Kier alpha value is -3.74. The minimum atomic E-state index is 0.0541. The molecule has 0 saturated heterocycles. The average Bonchev–Trinajstić information content (AvgIpc) is 2.89. The molecule has 2 aromatic rings. The number of nitrogens with one attached hydrogen (secondary N) is 2. The standard InChI is InChI=1S/C27H30N6O/c1-19(34)32-15-12-25(31-22-7-3-2-4-8-22)23(17-32)27(28)33-14-5-6-21-16-20(9-10-26(21)33)24-11-13-29-18-30-24/h2-4,7,9-11,13,16,18,22,28,31H,5-6,8,12,14-15,17H2,1H3. The van der Waals surface area contributed by atoms with Gasteiger partial charge in [0, 0.05) is 61.2 Å². The lowest BCUT2D eigenvalue weighted by atomic mass is 9.95. The highest BCUT2D eigenvalue weighted by Gasteiger charge is 2.29. The molecule has 7 nitrogen and oxygen atoms in total. The number of rotatable bonds is 4. The van der Waals surface area contributed by atoms with Gasteiger partial charge >= 0.3 is 0 Å². The Labute approximate surface area is 200 Å². The molecule has 1 aliphatic carbocycles. The Morgan fingerprint density at radius 2 is 2.09 bits per heavy atom. The summed E-state index contributed by atoms with van der Waals surface area (Å²) >= 11 is 0. The second kappa shape index (κ2) is 9.63. The van der Waals surface area contributed by atoms with Crippen LogP contribution in [0.3, 0.4) is 0 Å². The van der Waals surface area contributed by atoms with Crippen molar-refractivity contribution in [3.8, 4) is 11.3 Å². The smallest absolute Gasteiger partial charge is 0.219 e. The molecule has 34 heavy (non-hydrogen) atoms. The molecule has 0 saturated carbocycles. The fourth-order valence-electron chi connectivity index (χ4n) is 4.93. The van der Waals surface area contributed by atoms with Gasteiger partial charge in [0.2, 0.25) is 5.91 Å². The molecule has 5 rings (SSSR count). The number of carbonyl (C=O) groups excluding carboxylic acids is 1. The van der Waals surface area contributed by atoms with Crippen LogP contribution in [0.15, 0.2) is 72.4 Å². The maximum atomic E-state index is 12.2. The number of amides is 1. The van der Waals surface area contributed by atoms with E-state index in [9.17, 15) is 10.2 Å². The number of amidine groups is 1. The minimum Gasteiger partial charge on any atom is -0.381 e. The molecule has 7 heteroatoms. The van der Waals surface area contributed by atoms with Crippen LogP contribution < -0.4 is 10.2 Å². The van der Waals surface area contributed by atoms with Gasteiger partial charge in [0.25, 0.3) is 0 Å². The van der Waals surface area contributed by atoms with Crippen LogP contribution in [-0.4, -0.2) is 52.3 Å². The van der Waals surface area contributed by atoms with Crippen molar-refractivity contribution in [2.24, 2.45) is 0 Å². The summed E-state index contributed by atoms with van der Waals surface area (Å²) in [6.07, 6.45) is 15.4. The normalized spacial score (nSPS) is 19.7. The van der Waals surface area contributed by atoms with Crippen molar-refractivity contribution in [1.29, 1.82) is 5.41 Å². The van der Waals surface area contributed by atoms with E-state index in [4.69, 9.17) is 0 Å². The van der Waals surface area contributed by atoms with Gasteiger partial charge in [0.15, 0.2) is 0 Å². The van der Waals surface area contributed by atoms with E-state index in [1.165, 1.54) is 5.56 Å². The van der Waals surface area contributed by atoms with Crippen molar-refractivity contribution < 1.29 is 4.79 Å². The quantitative estimate of drug-likeness (QED) is 0.541. The van der Waals surface area contributed by atoms with E-state index in [1.54, 1.807) is 19.4 Å². The zero-order valence-electron chi connectivity index (χ0n) is 19.5. The summed E-state index contributed by atoms with van der Waals surface area (Å²) in [5, 5.41) is 12.9. The summed E-state index contributed by atoms with van der Waals surface area (Å²) in [4.78, 5) is 24.5. The van der Waals surface area contributed by atoms with E-state index in [0.717, 1.165) is 60.4 Å². The van der Waals surface area contributed by atoms with Crippen molar-refractivity contribution in [2.75, 3.05) is 24.5 Å². The summed E-state index contributed by atoms with van der Waals surface area (Å²) < 4.78 is 0. The van der Waals surface area contributed by atoms with E-state index in [2.05, 4.69) is 62.7 Å². The topological polar surface area (TPSA) is 85.2 Å². The third kappa shape index (κ3) is 4.51. The molecule has 1 atom stereocenters. The molecule has 3 aliphatic rings. The van der Waals surface area contributed by atoms with E-state index >= 15 is 0 Å². The highest BCUT2D eigenvalue weighted by molar-refractivity contribution is 6.09. The lowest BCUT2D eigenvalue weighted by Gasteiger charge is -2.37. The number of hydrogen-bond donors (Lipinski definition) is 2. The van der Waals surface area contributed by atoms with Gasteiger partial charge in [0.1, 0.15) is 12.2 Å². The zero-order chi connectivity index (χ0) is 23.5. The van der Waals surface area contributed by atoms with Gasteiger partial charge in [-0.05, 0) is 43.0 Å². The number of anilines is 1. The van der Waals surface area contributed by atoms with Crippen molar-refractivity contribution >= 4 is 17.4 Å². The molecule has 0 fully saturated rings. The summed E-state index contributed by atoms with van der Waals surface area (Å²) in [6, 6.07) is 8.50. The largest absolute Gasteiger partial charge is 0.381 e. The number of aromatic nitrogens is 2. The molecule has 0 spiro atoms. The molecule has 2 aliphatic heterocycles. The van der Waals surface area contributed by atoms with Crippen LogP contribution in [0.5, 0.6) is 0 Å². The van der Waals surface area contributed by atoms with E-state index in [-0.39, 0.29) is 11.9 Å². The first kappa shape index (κ1) is 22.1. The number of aryl methyl sites for hydroxylation is 1. The van der Waals surface area contributed by atoms with Crippen LogP contribution in [-0.2, 0) is 11.2 Å². The van der Waals surface area contributed by atoms with Crippen LogP contribution in [0.1, 0.15) is 31.7 Å². The third-order valence-electron chi connectivity index (χ3n) is 6.76. The predicted octanol–water partition coefficient (Wildman–Crippen LogP) is 3.85. The average molecular weight is 455 g/mol. The zero-order valence-corrected chi connectivity index (χ0v) is 19.5. The minimum absolute atomic E-state index is 0.0541. The lowest BCUT2D eigenvalue weighted by Crippen LogP contribution is -2.45. The Morgan fingerprint density at radius 1 is 1.18 bits per heavy atom.